The van der Waals surface area contributed by atoms with Crippen molar-refractivity contribution in [1.82, 2.24) is 34.3 Å². The number of aryl methyl sites for hydroxylation is 2. The average Bonchev–Trinajstić information content (AvgIpc) is 3.40. The minimum absolute atomic E-state index is 0.0130. The molecule has 0 saturated heterocycles. The smallest absolute Gasteiger partial charge is 0.417 e. The number of anilines is 2. The van der Waals surface area contributed by atoms with E-state index in [9.17, 15) is 23.2 Å². The van der Waals surface area contributed by atoms with Crippen LogP contribution in [0, 0.1) is 11.3 Å². The van der Waals surface area contributed by atoms with Crippen LogP contribution in [-0.2, 0) is 20.3 Å². The molecule has 2 N–H and O–H groups in total. The Morgan fingerprint density at radius 1 is 1.17 bits per heavy atom. The Bertz CT molecular complexity index is 1710. The number of hydrogen-bond donors (Lipinski definition) is 2. The lowest BCUT2D eigenvalue weighted by atomic mass is 10.2. The molecular formula is C21H14F3N9O2. The molecule has 0 aliphatic heterocycles. The number of fused-ring (bicyclic) bond motifs is 2. The second-order valence-corrected chi connectivity index (χ2v) is 7.54. The number of H-pyrrole nitrogens is 1. The van der Waals surface area contributed by atoms with Crippen molar-refractivity contribution in [2.24, 2.45) is 14.1 Å². The van der Waals surface area contributed by atoms with Crippen LogP contribution in [0.3, 0.4) is 0 Å². The van der Waals surface area contributed by atoms with Crippen molar-refractivity contribution >= 4 is 33.8 Å². The Labute approximate surface area is 193 Å². The van der Waals surface area contributed by atoms with Crippen LogP contribution in [0.2, 0.25) is 0 Å². The van der Waals surface area contributed by atoms with Crippen molar-refractivity contribution in [3.8, 4) is 17.6 Å². The fraction of sp³-hybridized carbons (Fsp3) is 0.143. The van der Waals surface area contributed by atoms with Crippen LogP contribution >= 0.6 is 0 Å². The van der Waals surface area contributed by atoms with Gasteiger partial charge in [0.25, 0.3) is 5.56 Å². The number of pyridine rings is 3. The molecule has 0 fully saturated rings. The molecule has 14 heteroatoms. The summed E-state index contributed by atoms with van der Waals surface area (Å²) in [4.78, 5) is 25.1. The number of aromatic nitrogens is 7. The predicted octanol–water partition coefficient (Wildman–Crippen LogP) is 3.36. The first-order valence-corrected chi connectivity index (χ1v) is 9.93. The fourth-order valence-corrected chi connectivity index (χ4v) is 3.53. The fourth-order valence-electron chi connectivity index (χ4n) is 3.53. The molecule has 0 radical (unpaired) electrons. The van der Waals surface area contributed by atoms with Crippen molar-refractivity contribution in [3.05, 3.63) is 58.4 Å². The van der Waals surface area contributed by atoms with Crippen LogP contribution in [0.1, 0.15) is 11.1 Å². The zero-order valence-corrected chi connectivity index (χ0v) is 18.0. The number of rotatable bonds is 4. The van der Waals surface area contributed by atoms with Gasteiger partial charge in [0.15, 0.2) is 17.0 Å². The summed E-state index contributed by atoms with van der Waals surface area (Å²) < 4.78 is 47.7. The van der Waals surface area contributed by atoms with Gasteiger partial charge in [-0.15, -0.1) is 0 Å². The van der Waals surface area contributed by atoms with Crippen LogP contribution in [0.15, 0.2) is 41.7 Å². The number of halogens is 3. The molecule has 0 amide bonds. The van der Waals surface area contributed by atoms with Gasteiger partial charge in [-0.05, 0) is 12.1 Å². The third-order valence-electron chi connectivity index (χ3n) is 5.23. The number of ether oxygens (including phenoxy) is 1. The molecule has 11 nitrogen and oxygen atoms in total. The summed E-state index contributed by atoms with van der Waals surface area (Å²) in [6.07, 6.45) is 0.381. The first kappa shape index (κ1) is 21.9. The number of hydrogen-bond acceptors (Lipinski definition) is 8. The van der Waals surface area contributed by atoms with E-state index in [0.29, 0.717) is 29.0 Å². The maximum Gasteiger partial charge on any atom is 0.417 e. The van der Waals surface area contributed by atoms with Gasteiger partial charge >= 0.3 is 6.18 Å². The highest BCUT2D eigenvalue weighted by molar-refractivity contribution is 5.84. The second-order valence-electron chi connectivity index (χ2n) is 7.54. The summed E-state index contributed by atoms with van der Waals surface area (Å²) in [6.45, 7) is 0. The summed E-state index contributed by atoms with van der Waals surface area (Å²) >= 11 is 0. The zero-order valence-electron chi connectivity index (χ0n) is 18.0. The first-order chi connectivity index (χ1) is 16.7. The second kappa shape index (κ2) is 7.83. The average molecular weight is 481 g/mol. The molecule has 0 aliphatic rings. The molecule has 5 aromatic heterocycles. The van der Waals surface area contributed by atoms with Crippen molar-refractivity contribution in [2.75, 3.05) is 5.32 Å². The number of imidazole rings is 1. The minimum Gasteiger partial charge on any atom is -0.453 e. The van der Waals surface area contributed by atoms with E-state index in [1.165, 1.54) is 31.1 Å². The molecule has 0 bridgehead atoms. The topological polar surface area (TPSA) is 139 Å². The van der Waals surface area contributed by atoms with E-state index in [-0.39, 0.29) is 34.1 Å². The summed E-state index contributed by atoms with van der Waals surface area (Å²) in [5.74, 6) is 0.470. The van der Waals surface area contributed by atoms with Crippen molar-refractivity contribution in [1.29, 1.82) is 5.26 Å². The number of alkyl halides is 3. The quantitative estimate of drug-likeness (QED) is 0.398. The minimum atomic E-state index is -4.65. The lowest BCUT2D eigenvalue weighted by Crippen LogP contribution is -2.23. The van der Waals surface area contributed by atoms with Crippen molar-refractivity contribution < 1.29 is 17.9 Å². The Kier molecular flexibility index (Phi) is 4.90. The maximum atomic E-state index is 13.2. The standard InChI is InChI=1S/C21H14F3N9O2/c1-32-9-11(21(22,23)24)4-14(19(32)34)29-20-30-18-16(33(20)2)13(5-25)15(8-27-18)35-12-3-10-6-28-31-17(10)26-7-12/h3-4,6-9H,1-2H3,(H,26,28,31)(H,27,29,30). The molecule has 0 spiro atoms. The predicted molar refractivity (Wildman–Crippen MR) is 117 cm³/mol. The summed E-state index contributed by atoms with van der Waals surface area (Å²) in [5, 5.41) is 19.8. The number of aromatic amines is 1. The van der Waals surface area contributed by atoms with E-state index in [0.717, 1.165) is 4.57 Å². The molecule has 5 heterocycles. The van der Waals surface area contributed by atoms with Gasteiger partial charge in [0, 0.05) is 25.7 Å². The molecule has 5 rings (SSSR count). The van der Waals surface area contributed by atoms with E-state index in [2.05, 4.69) is 36.5 Å². The summed E-state index contributed by atoms with van der Waals surface area (Å²) in [5.41, 5.74) is -0.993. The van der Waals surface area contributed by atoms with Gasteiger partial charge < -0.3 is 19.2 Å². The Balaban J connectivity index is 1.56. The molecule has 0 atom stereocenters. The monoisotopic (exact) mass is 481 g/mol. The third-order valence-corrected chi connectivity index (χ3v) is 5.23. The van der Waals surface area contributed by atoms with Crippen LogP contribution < -0.4 is 15.6 Å². The van der Waals surface area contributed by atoms with Gasteiger partial charge in [0.05, 0.1) is 24.2 Å². The van der Waals surface area contributed by atoms with Gasteiger partial charge in [-0.2, -0.15) is 28.5 Å². The zero-order chi connectivity index (χ0) is 24.9. The van der Waals surface area contributed by atoms with Gasteiger partial charge in [0.2, 0.25) is 5.95 Å². The van der Waals surface area contributed by atoms with E-state index in [1.807, 2.05) is 0 Å². The highest BCUT2D eigenvalue weighted by Gasteiger charge is 2.32. The molecule has 0 aliphatic carbocycles. The van der Waals surface area contributed by atoms with Crippen LogP contribution in [0.5, 0.6) is 11.5 Å². The Hall–Kier alpha value is -4.93. The molecule has 176 valence electrons. The largest absolute Gasteiger partial charge is 0.453 e. The highest BCUT2D eigenvalue weighted by Crippen LogP contribution is 2.33. The molecule has 35 heavy (non-hydrogen) atoms. The number of nitriles is 1. The van der Waals surface area contributed by atoms with Gasteiger partial charge in [-0.1, -0.05) is 0 Å². The first-order valence-electron chi connectivity index (χ1n) is 9.93. The molecular weight excluding hydrogens is 467 g/mol. The Morgan fingerprint density at radius 3 is 2.71 bits per heavy atom. The number of nitrogens with zero attached hydrogens (tertiary/aromatic N) is 7. The van der Waals surface area contributed by atoms with Crippen molar-refractivity contribution in [3.63, 3.8) is 0 Å². The van der Waals surface area contributed by atoms with Gasteiger partial charge in [0.1, 0.15) is 28.6 Å². The molecule has 0 aromatic carbocycles. The molecule has 0 unspecified atom stereocenters. The van der Waals surface area contributed by atoms with Gasteiger partial charge in [-0.3, -0.25) is 9.89 Å². The number of nitrogens with one attached hydrogen (secondary N) is 2. The highest BCUT2D eigenvalue weighted by atomic mass is 19.4. The van der Waals surface area contributed by atoms with Gasteiger partial charge in [-0.25, -0.2) is 9.97 Å². The van der Waals surface area contributed by atoms with Crippen LogP contribution in [-0.4, -0.2) is 34.3 Å². The van der Waals surface area contributed by atoms with E-state index < -0.39 is 17.3 Å². The van der Waals surface area contributed by atoms with E-state index in [1.54, 1.807) is 12.3 Å². The van der Waals surface area contributed by atoms with Crippen LogP contribution in [0.4, 0.5) is 24.8 Å². The maximum absolute atomic E-state index is 13.2. The normalized spacial score (nSPS) is 11.7. The van der Waals surface area contributed by atoms with E-state index in [4.69, 9.17) is 4.74 Å². The summed E-state index contributed by atoms with van der Waals surface area (Å²) in [6, 6.07) is 4.43. The molecule has 5 aromatic rings. The SMILES string of the molecule is Cn1cc(C(F)(F)F)cc(Nc2nc3ncc(Oc4cnc5[nH]ncc5c4)c(C#N)c3n2C)c1=O. The third kappa shape index (κ3) is 3.78. The lowest BCUT2D eigenvalue weighted by molar-refractivity contribution is -0.138. The van der Waals surface area contributed by atoms with E-state index >= 15 is 0 Å². The summed E-state index contributed by atoms with van der Waals surface area (Å²) in [7, 11) is 2.74. The van der Waals surface area contributed by atoms with Crippen LogP contribution in [0.25, 0.3) is 22.2 Å². The Morgan fingerprint density at radius 2 is 1.97 bits per heavy atom. The molecule has 0 saturated carbocycles. The lowest BCUT2D eigenvalue weighted by Gasteiger charge is -2.12. The van der Waals surface area contributed by atoms with Crippen molar-refractivity contribution in [2.45, 2.75) is 6.18 Å².